The van der Waals surface area contributed by atoms with Crippen LogP contribution >= 0.6 is 0 Å². The summed E-state index contributed by atoms with van der Waals surface area (Å²) in [5.74, 6) is 1.15. The Hall–Kier alpha value is -2.60. The van der Waals surface area contributed by atoms with Gasteiger partial charge in [-0.05, 0) is 48.9 Å². The van der Waals surface area contributed by atoms with Gasteiger partial charge in [0.05, 0.1) is 12.6 Å². The molecular weight excluding hydrogens is 335 g/mol. The average molecular weight is 358 g/mol. The molecular formula is C20H23FN2O3. The van der Waals surface area contributed by atoms with Crippen LogP contribution in [0.3, 0.4) is 0 Å². The van der Waals surface area contributed by atoms with E-state index >= 15 is 0 Å². The number of likely N-dealkylation sites (N-methyl/N-ethyl adjacent to an activating group) is 1. The van der Waals surface area contributed by atoms with E-state index in [-0.39, 0.29) is 31.1 Å². The SMILES string of the molecule is CCN(CC(=O)NC(C)c1ccc(F)cc1)Cc1ccc2c(c1)OCO2. The maximum atomic E-state index is 13.0. The Labute approximate surface area is 152 Å². The maximum absolute atomic E-state index is 13.0. The van der Waals surface area contributed by atoms with Crippen molar-refractivity contribution in [3.05, 3.63) is 59.4 Å². The molecule has 6 heteroatoms. The van der Waals surface area contributed by atoms with Gasteiger partial charge in [-0.1, -0.05) is 25.1 Å². The van der Waals surface area contributed by atoms with E-state index in [0.717, 1.165) is 29.2 Å². The second-order valence-electron chi connectivity index (χ2n) is 6.33. The lowest BCUT2D eigenvalue weighted by Crippen LogP contribution is -2.38. The van der Waals surface area contributed by atoms with Gasteiger partial charge in [0.2, 0.25) is 12.7 Å². The topological polar surface area (TPSA) is 50.8 Å². The number of nitrogens with one attached hydrogen (secondary N) is 1. The molecule has 1 N–H and O–H groups in total. The first kappa shape index (κ1) is 18.2. The van der Waals surface area contributed by atoms with E-state index in [1.165, 1.54) is 12.1 Å². The molecule has 2 aromatic carbocycles. The highest BCUT2D eigenvalue weighted by Crippen LogP contribution is 2.32. The molecule has 3 rings (SSSR count). The van der Waals surface area contributed by atoms with Gasteiger partial charge in [-0.25, -0.2) is 4.39 Å². The van der Waals surface area contributed by atoms with Crippen molar-refractivity contribution in [2.75, 3.05) is 19.9 Å². The van der Waals surface area contributed by atoms with Crippen LogP contribution in [-0.4, -0.2) is 30.7 Å². The predicted molar refractivity (Wildman–Crippen MR) is 96.5 cm³/mol. The number of carbonyl (C=O) groups is 1. The van der Waals surface area contributed by atoms with Gasteiger partial charge < -0.3 is 14.8 Å². The van der Waals surface area contributed by atoms with Crippen LogP contribution in [0.15, 0.2) is 42.5 Å². The Morgan fingerprint density at radius 1 is 1.19 bits per heavy atom. The van der Waals surface area contributed by atoms with Crippen molar-refractivity contribution < 1.29 is 18.7 Å². The van der Waals surface area contributed by atoms with Crippen molar-refractivity contribution in [1.82, 2.24) is 10.2 Å². The van der Waals surface area contributed by atoms with Crippen LogP contribution in [0.1, 0.15) is 31.0 Å². The molecule has 0 saturated heterocycles. The normalized spacial score (nSPS) is 13.7. The van der Waals surface area contributed by atoms with Crippen molar-refractivity contribution in [2.45, 2.75) is 26.4 Å². The summed E-state index contributed by atoms with van der Waals surface area (Å²) in [6.45, 7) is 5.83. The summed E-state index contributed by atoms with van der Waals surface area (Å²) >= 11 is 0. The third-order valence-corrected chi connectivity index (χ3v) is 4.41. The smallest absolute Gasteiger partial charge is 0.234 e. The van der Waals surface area contributed by atoms with Gasteiger partial charge in [0.25, 0.3) is 0 Å². The molecule has 1 unspecified atom stereocenters. The molecule has 1 aliphatic rings. The number of carbonyl (C=O) groups excluding carboxylic acids is 1. The molecule has 0 spiro atoms. The van der Waals surface area contributed by atoms with Crippen molar-refractivity contribution in [1.29, 1.82) is 0 Å². The quantitative estimate of drug-likeness (QED) is 0.825. The van der Waals surface area contributed by atoms with E-state index in [9.17, 15) is 9.18 Å². The standard InChI is InChI=1S/C20H23FN2O3/c1-3-23(11-15-4-9-18-19(10-15)26-13-25-18)12-20(24)22-14(2)16-5-7-17(21)8-6-16/h4-10,14H,3,11-13H2,1-2H3,(H,22,24). The predicted octanol–water partition coefficient (Wildman–Crippen LogP) is 3.25. The van der Waals surface area contributed by atoms with Crippen LogP contribution in [0, 0.1) is 5.82 Å². The Morgan fingerprint density at radius 3 is 2.65 bits per heavy atom. The molecule has 0 saturated carbocycles. The zero-order chi connectivity index (χ0) is 18.5. The van der Waals surface area contributed by atoms with Crippen LogP contribution in [0.2, 0.25) is 0 Å². The first-order valence-electron chi connectivity index (χ1n) is 8.71. The van der Waals surface area contributed by atoms with Gasteiger partial charge in [-0.3, -0.25) is 9.69 Å². The molecule has 26 heavy (non-hydrogen) atoms. The van der Waals surface area contributed by atoms with Gasteiger partial charge in [0, 0.05) is 6.54 Å². The molecule has 2 aromatic rings. The number of hydrogen-bond acceptors (Lipinski definition) is 4. The summed E-state index contributed by atoms with van der Waals surface area (Å²) in [5, 5.41) is 2.96. The third kappa shape index (κ3) is 4.52. The fraction of sp³-hybridized carbons (Fsp3) is 0.350. The zero-order valence-corrected chi connectivity index (χ0v) is 15.0. The Bertz CT molecular complexity index is 764. The van der Waals surface area contributed by atoms with Gasteiger partial charge in [-0.15, -0.1) is 0 Å². The highest BCUT2D eigenvalue weighted by atomic mass is 19.1. The number of hydrogen-bond donors (Lipinski definition) is 1. The van der Waals surface area contributed by atoms with Gasteiger partial charge in [0.15, 0.2) is 11.5 Å². The maximum Gasteiger partial charge on any atom is 0.234 e. The lowest BCUT2D eigenvalue weighted by molar-refractivity contribution is -0.123. The second kappa shape index (κ2) is 8.19. The minimum Gasteiger partial charge on any atom is -0.454 e. The van der Waals surface area contributed by atoms with Crippen molar-refractivity contribution in [3.63, 3.8) is 0 Å². The Morgan fingerprint density at radius 2 is 1.92 bits per heavy atom. The highest BCUT2D eigenvalue weighted by molar-refractivity contribution is 5.78. The first-order chi connectivity index (χ1) is 12.5. The molecule has 5 nitrogen and oxygen atoms in total. The summed E-state index contributed by atoms with van der Waals surface area (Å²) in [7, 11) is 0. The summed E-state index contributed by atoms with van der Waals surface area (Å²) in [5.41, 5.74) is 1.94. The molecule has 138 valence electrons. The number of amides is 1. The van der Waals surface area contributed by atoms with Crippen LogP contribution < -0.4 is 14.8 Å². The van der Waals surface area contributed by atoms with E-state index in [0.29, 0.717) is 6.54 Å². The van der Waals surface area contributed by atoms with E-state index in [1.54, 1.807) is 12.1 Å². The number of rotatable bonds is 7. The molecule has 0 aliphatic carbocycles. The molecule has 1 heterocycles. The molecule has 0 aromatic heterocycles. The van der Waals surface area contributed by atoms with E-state index in [1.807, 2.05) is 36.9 Å². The lowest BCUT2D eigenvalue weighted by Gasteiger charge is -2.22. The second-order valence-corrected chi connectivity index (χ2v) is 6.33. The fourth-order valence-corrected chi connectivity index (χ4v) is 2.90. The summed E-state index contributed by atoms with van der Waals surface area (Å²) in [4.78, 5) is 14.4. The molecule has 0 bridgehead atoms. The van der Waals surface area contributed by atoms with E-state index in [2.05, 4.69) is 5.32 Å². The average Bonchev–Trinajstić information content (AvgIpc) is 3.09. The van der Waals surface area contributed by atoms with E-state index in [4.69, 9.17) is 9.47 Å². The third-order valence-electron chi connectivity index (χ3n) is 4.41. The molecule has 1 amide bonds. The zero-order valence-electron chi connectivity index (χ0n) is 15.0. The van der Waals surface area contributed by atoms with Crippen LogP contribution in [0.4, 0.5) is 4.39 Å². The van der Waals surface area contributed by atoms with Crippen molar-refractivity contribution >= 4 is 5.91 Å². The Kier molecular flexibility index (Phi) is 5.73. The molecule has 0 radical (unpaired) electrons. The van der Waals surface area contributed by atoms with E-state index < -0.39 is 0 Å². The minimum atomic E-state index is -0.284. The number of ether oxygens (including phenoxy) is 2. The highest BCUT2D eigenvalue weighted by Gasteiger charge is 2.16. The fourth-order valence-electron chi connectivity index (χ4n) is 2.90. The summed E-state index contributed by atoms with van der Waals surface area (Å²) in [6.07, 6.45) is 0. The summed E-state index contributed by atoms with van der Waals surface area (Å²) < 4.78 is 23.7. The molecule has 1 atom stereocenters. The molecule has 0 fully saturated rings. The number of halogens is 1. The first-order valence-corrected chi connectivity index (χ1v) is 8.71. The Balaban J connectivity index is 1.55. The minimum absolute atomic E-state index is 0.0654. The van der Waals surface area contributed by atoms with Crippen LogP contribution in [0.25, 0.3) is 0 Å². The van der Waals surface area contributed by atoms with Gasteiger partial charge in [-0.2, -0.15) is 0 Å². The largest absolute Gasteiger partial charge is 0.454 e. The van der Waals surface area contributed by atoms with Crippen LogP contribution in [0.5, 0.6) is 11.5 Å². The lowest BCUT2D eigenvalue weighted by atomic mass is 10.1. The number of benzene rings is 2. The van der Waals surface area contributed by atoms with Gasteiger partial charge in [0.1, 0.15) is 5.82 Å². The van der Waals surface area contributed by atoms with Crippen molar-refractivity contribution in [2.24, 2.45) is 0 Å². The molecule has 1 aliphatic heterocycles. The summed E-state index contributed by atoms with van der Waals surface area (Å²) in [6, 6.07) is 11.8. The number of fused-ring (bicyclic) bond motifs is 1. The van der Waals surface area contributed by atoms with Crippen LogP contribution in [-0.2, 0) is 11.3 Å². The van der Waals surface area contributed by atoms with Crippen molar-refractivity contribution in [3.8, 4) is 11.5 Å². The van der Waals surface area contributed by atoms with Gasteiger partial charge >= 0.3 is 0 Å². The number of nitrogens with zero attached hydrogens (tertiary/aromatic N) is 1. The monoisotopic (exact) mass is 358 g/mol.